The number of anilines is 4. The number of hydrogen-bond donors (Lipinski definition) is 2. The summed E-state index contributed by atoms with van der Waals surface area (Å²) in [5.74, 6) is 1.43. The molecule has 0 aliphatic rings. The van der Waals surface area contributed by atoms with E-state index in [0.29, 0.717) is 17.5 Å². The lowest BCUT2D eigenvalue weighted by Gasteiger charge is -2.15. The molecule has 134 valence electrons. The molecule has 0 fully saturated rings. The third-order valence-corrected chi connectivity index (χ3v) is 3.45. The highest BCUT2D eigenvalue weighted by molar-refractivity contribution is 5.64. The summed E-state index contributed by atoms with van der Waals surface area (Å²) in [7, 11) is 0. The minimum Gasteiger partial charge on any atom is -0.489 e. The molecule has 0 atom stereocenters. The number of hydrogen-bond acceptors (Lipinski definition) is 5. The maximum Gasteiger partial charge on any atom is 0.229 e. The van der Waals surface area contributed by atoms with Gasteiger partial charge in [0.25, 0.3) is 0 Å². The SMILES string of the molecule is Cc1cc(Nc2cccc(F)c2)nc(Nc2ccccc2OC(C)C)n1. The first-order valence-corrected chi connectivity index (χ1v) is 8.40. The van der Waals surface area contributed by atoms with Crippen LogP contribution in [0.15, 0.2) is 54.6 Å². The van der Waals surface area contributed by atoms with Crippen molar-refractivity contribution in [1.82, 2.24) is 9.97 Å². The van der Waals surface area contributed by atoms with Crippen LogP contribution in [0.1, 0.15) is 19.5 Å². The van der Waals surface area contributed by atoms with Crippen molar-refractivity contribution in [2.24, 2.45) is 0 Å². The van der Waals surface area contributed by atoms with Crippen LogP contribution < -0.4 is 15.4 Å². The average molecular weight is 352 g/mol. The lowest BCUT2D eigenvalue weighted by Crippen LogP contribution is -2.08. The van der Waals surface area contributed by atoms with Crippen LogP contribution in [0.4, 0.5) is 27.5 Å². The highest BCUT2D eigenvalue weighted by Crippen LogP contribution is 2.28. The third kappa shape index (κ3) is 4.69. The predicted molar refractivity (Wildman–Crippen MR) is 102 cm³/mol. The van der Waals surface area contributed by atoms with Crippen molar-refractivity contribution < 1.29 is 9.13 Å². The normalized spacial score (nSPS) is 10.7. The lowest BCUT2D eigenvalue weighted by molar-refractivity contribution is 0.244. The largest absolute Gasteiger partial charge is 0.489 e. The minimum absolute atomic E-state index is 0.0570. The summed E-state index contributed by atoms with van der Waals surface area (Å²) in [6, 6.07) is 15.7. The second-order valence-corrected chi connectivity index (χ2v) is 6.14. The summed E-state index contributed by atoms with van der Waals surface area (Å²) >= 11 is 0. The molecule has 0 saturated heterocycles. The van der Waals surface area contributed by atoms with Gasteiger partial charge < -0.3 is 15.4 Å². The van der Waals surface area contributed by atoms with Crippen LogP contribution in [0.3, 0.4) is 0 Å². The fourth-order valence-corrected chi connectivity index (χ4v) is 2.45. The molecule has 3 aromatic rings. The molecule has 0 aliphatic heterocycles. The van der Waals surface area contributed by atoms with E-state index in [9.17, 15) is 4.39 Å². The number of nitrogens with zero attached hydrogens (tertiary/aromatic N) is 2. The Balaban J connectivity index is 1.84. The fourth-order valence-electron chi connectivity index (χ4n) is 2.45. The van der Waals surface area contributed by atoms with E-state index in [0.717, 1.165) is 17.1 Å². The van der Waals surface area contributed by atoms with Crippen molar-refractivity contribution in [1.29, 1.82) is 0 Å². The van der Waals surface area contributed by atoms with Gasteiger partial charge in [-0.3, -0.25) is 0 Å². The molecular weight excluding hydrogens is 331 g/mol. The van der Waals surface area contributed by atoms with E-state index in [1.165, 1.54) is 12.1 Å². The van der Waals surface area contributed by atoms with Gasteiger partial charge >= 0.3 is 0 Å². The molecule has 6 heteroatoms. The molecule has 0 bridgehead atoms. The van der Waals surface area contributed by atoms with Gasteiger partial charge in [0, 0.05) is 17.4 Å². The number of aromatic nitrogens is 2. The number of halogens is 1. The summed E-state index contributed by atoms with van der Waals surface area (Å²) in [5, 5.41) is 6.29. The Morgan fingerprint density at radius 3 is 2.54 bits per heavy atom. The first kappa shape index (κ1) is 17.7. The summed E-state index contributed by atoms with van der Waals surface area (Å²) in [6.07, 6.45) is 0.0570. The second-order valence-electron chi connectivity index (χ2n) is 6.14. The molecule has 26 heavy (non-hydrogen) atoms. The van der Waals surface area contributed by atoms with E-state index >= 15 is 0 Å². The van der Waals surface area contributed by atoms with Crippen molar-refractivity contribution >= 4 is 23.1 Å². The average Bonchev–Trinajstić information content (AvgIpc) is 2.56. The number of benzene rings is 2. The van der Waals surface area contributed by atoms with E-state index in [1.807, 2.05) is 45.0 Å². The van der Waals surface area contributed by atoms with Crippen molar-refractivity contribution in [3.8, 4) is 5.75 Å². The maximum absolute atomic E-state index is 13.4. The zero-order valence-corrected chi connectivity index (χ0v) is 15.0. The van der Waals surface area contributed by atoms with E-state index in [1.54, 1.807) is 18.2 Å². The Bertz CT molecular complexity index is 898. The first-order chi connectivity index (χ1) is 12.5. The molecule has 1 heterocycles. The van der Waals surface area contributed by atoms with Crippen LogP contribution >= 0.6 is 0 Å². The van der Waals surface area contributed by atoms with Gasteiger partial charge in [-0.2, -0.15) is 4.98 Å². The Morgan fingerprint density at radius 1 is 0.962 bits per heavy atom. The Kier molecular flexibility index (Phi) is 5.31. The minimum atomic E-state index is -0.307. The highest BCUT2D eigenvalue weighted by atomic mass is 19.1. The van der Waals surface area contributed by atoms with Gasteiger partial charge in [-0.1, -0.05) is 18.2 Å². The van der Waals surface area contributed by atoms with Crippen molar-refractivity contribution in [2.45, 2.75) is 26.9 Å². The summed E-state index contributed by atoms with van der Waals surface area (Å²) in [5.41, 5.74) is 2.18. The topological polar surface area (TPSA) is 59.1 Å². The smallest absolute Gasteiger partial charge is 0.229 e. The van der Waals surface area contributed by atoms with Crippen LogP contribution in [-0.2, 0) is 0 Å². The number of nitrogens with one attached hydrogen (secondary N) is 2. The standard InChI is InChI=1S/C20H21FN4O/c1-13(2)26-18-10-5-4-9-17(18)24-20-22-14(3)11-19(25-20)23-16-8-6-7-15(21)12-16/h4-13H,1-3H3,(H2,22,23,24,25). The molecular formula is C20H21FN4O. The van der Waals surface area contributed by atoms with Gasteiger partial charge in [-0.15, -0.1) is 0 Å². The quantitative estimate of drug-likeness (QED) is 0.639. The molecule has 3 rings (SSSR count). The molecule has 0 aliphatic carbocycles. The fraction of sp³-hybridized carbons (Fsp3) is 0.200. The summed E-state index contributed by atoms with van der Waals surface area (Å²) < 4.78 is 19.2. The zero-order chi connectivity index (χ0) is 18.5. The van der Waals surface area contributed by atoms with Crippen LogP contribution in [0.2, 0.25) is 0 Å². The monoisotopic (exact) mass is 352 g/mol. The van der Waals surface area contributed by atoms with Gasteiger partial charge in [0.15, 0.2) is 0 Å². The van der Waals surface area contributed by atoms with Crippen LogP contribution in [0.5, 0.6) is 5.75 Å². The van der Waals surface area contributed by atoms with Gasteiger partial charge in [0.2, 0.25) is 5.95 Å². The highest BCUT2D eigenvalue weighted by Gasteiger charge is 2.09. The van der Waals surface area contributed by atoms with Crippen molar-refractivity contribution in [3.05, 3.63) is 66.1 Å². The molecule has 1 aromatic heterocycles. The summed E-state index contributed by atoms with van der Waals surface area (Å²) in [4.78, 5) is 8.88. The van der Waals surface area contributed by atoms with E-state index in [2.05, 4.69) is 20.6 Å². The Morgan fingerprint density at radius 2 is 1.77 bits per heavy atom. The molecule has 0 unspecified atom stereocenters. The van der Waals surface area contributed by atoms with Crippen LogP contribution in [-0.4, -0.2) is 16.1 Å². The molecule has 0 spiro atoms. The summed E-state index contributed by atoms with van der Waals surface area (Å²) in [6.45, 7) is 5.82. The number of aryl methyl sites for hydroxylation is 1. The van der Waals surface area contributed by atoms with Crippen molar-refractivity contribution in [3.63, 3.8) is 0 Å². The first-order valence-electron chi connectivity index (χ1n) is 8.40. The Labute approximate surface area is 152 Å². The molecule has 2 aromatic carbocycles. The van der Waals surface area contributed by atoms with E-state index < -0.39 is 0 Å². The van der Waals surface area contributed by atoms with Crippen LogP contribution in [0.25, 0.3) is 0 Å². The van der Waals surface area contributed by atoms with Crippen molar-refractivity contribution in [2.75, 3.05) is 10.6 Å². The maximum atomic E-state index is 13.4. The van der Waals surface area contributed by atoms with E-state index in [-0.39, 0.29) is 11.9 Å². The third-order valence-electron chi connectivity index (χ3n) is 3.45. The number of ether oxygens (including phenoxy) is 1. The van der Waals surface area contributed by atoms with Gasteiger partial charge in [0.05, 0.1) is 11.8 Å². The van der Waals surface area contributed by atoms with Crippen LogP contribution in [0, 0.1) is 12.7 Å². The van der Waals surface area contributed by atoms with E-state index in [4.69, 9.17) is 4.74 Å². The molecule has 5 nitrogen and oxygen atoms in total. The van der Waals surface area contributed by atoms with Gasteiger partial charge in [-0.05, 0) is 51.1 Å². The molecule has 0 radical (unpaired) electrons. The second kappa shape index (κ2) is 7.82. The van der Waals surface area contributed by atoms with Gasteiger partial charge in [0.1, 0.15) is 17.4 Å². The predicted octanol–water partition coefficient (Wildman–Crippen LogP) is 5.20. The number of para-hydroxylation sites is 2. The Hall–Kier alpha value is -3.15. The lowest BCUT2D eigenvalue weighted by atomic mass is 10.3. The molecule has 0 saturated carbocycles. The number of rotatable bonds is 6. The van der Waals surface area contributed by atoms with Gasteiger partial charge in [-0.25, -0.2) is 9.37 Å². The zero-order valence-electron chi connectivity index (χ0n) is 15.0. The molecule has 0 amide bonds. The molecule has 2 N–H and O–H groups in total.